The average molecular weight is 223 g/mol. The largest absolute Gasteiger partial charge is 0.376 e. The second-order valence-electron chi connectivity index (χ2n) is 3.81. The first-order chi connectivity index (χ1) is 8.20. The highest BCUT2D eigenvalue weighted by atomic mass is 16.1. The number of Topliss-reactive ketones (excluding diaryl/α,β-unsaturated/α-hetero) is 1. The van der Waals surface area contributed by atoms with Crippen molar-refractivity contribution >= 4 is 12.1 Å². The normalized spacial score (nSPS) is 9.94. The van der Waals surface area contributed by atoms with E-state index in [1.807, 2.05) is 30.6 Å². The molecule has 0 fully saturated rings. The van der Waals surface area contributed by atoms with Crippen LogP contribution in [0.4, 0.5) is 0 Å². The Labute approximate surface area is 99.9 Å². The van der Waals surface area contributed by atoms with Crippen molar-refractivity contribution in [3.05, 3.63) is 59.7 Å². The smallest absolute Gasteiger partial charge is 0.159 e. The summed E-state index contributed by atoms with van der Waals surface area (Å²) in [6.45, 7) is 1.55. The molecule has 0 atom stereocenters. The quantitative estimate of drug-likeness (QED) is 0.592. The lowest BCUT2D eigenvalue weighted by atomic mass is 10.0. The molecule has 0 aliphatic rings. The van der Waals surface area contributed by atoms with Crippen LogP contribution in [0.3, 0.4) is 0 Å². The predicted molar refractivity (Wildman–Crippen MR) is 66.7 cm³/mol. The van der Waals surface area contributed by atoms with Crippen LogP contribution in [0.25, 0.3) is 11.1 Å². The lowest BCUT2D eigenvalue weighted by Crippen LogP contribution is -1.90. The van der Waals surface area contributed by atoms with E-state index in [0.29, 0.717) is 11.1 Å². The third-order valence-electron chi connectivity index (χ3n) is 2.63. The molecular weight excluding hydrogens is 212 g/mol. The summed E-state index contributed by atoms with van der Waals surface area (Å²) in [6, 6.07) is 14.6. The molecule has 0 heterocycles. The van der Waals surface area contributed by atoms with Crippen LogP contribution >= 0.6 is 0 Å². The molecule has 0 N–H and O–H groups in total. The summed E-state index contributed by atoms with van der Waals surface area (Å²) in [5.74, 6) is 0.0578. The lowest BCUT2D eigenvalue weighted by Gasteiger charge is -2.06. The minimum atomic E-state index is 0.0578. The van der Waals surface area contributed by atoms with E-state index in [1.165, 1.54) is 0 Å². The summed E-state index contributed by atoms with van der Waals surface area (Å²) >= 11 is 0. The fourth-order valence-corrected chi connectivity index (χ4v) is 1.63. The van der Waals surface area contributed by atoms with Crippen LogP contribution in [0.1, 0.15) is 22.8 Å². The van der Waals surface area contributed by atoms with E-state index in [0.717, 1.165) is 11.1 Å². The zero-order valence-electron chi connectivity index (χ0n) is 9.44. The van der Waals surface area contributed by atoms with E-state index < -0.39 is 0 Å². The molecule has 0 aliphatic heterocycles. The van der Waals surface area contributed by atoms with Crippen molar-refractivity contribution in [2.24, 2.45) is 0 Å². The summed E-state index contributed by atoms with van der Waals surface area (Å²) in [6.07, 6.45) is 1.84. The van der Waals surface area contributed by atoms with Gasteiger partial charge in [-0.3, -0.25) is 4.79 Å². The molecule has 0 spiro atoms. The van der Waals surface area contributed by atoms with Crippen molar-refractivity contribution in [2.75, 3.05) is 0 Å². The monoisotopic (exact) mass is 223 g/mol. The Morgan fingerprint density at radius 1 is 0.882 bits per heavy atom. The molecule has 0 saturated heterocycles. The highest BCUT2D eigenvalue weighted by molar-refractivity contribution is 5.94. The van der Waals surface area contributed by atoms with Crippen LogP contribution in [-0.2, 0) is 4.79 Å². The van der Waals surface area contributed by atoms with Crippen molar-refractivity contribution in [3.8, 4) is 11.1 Å². The molecule has 2 rings (SSSR count). The molecular formula is C15H11O2-. The van der Waals surface area contributed by atoms with Crippen LogP contribution in [0.5, 0.6) is 0 Å². The molecule has 0 amide bonds. The summed E-state index contributed by atoms with van der Waals surface area (Å²) in [7, 11) is 0. The first kappa shape index (κ1) is 11.3. The van der Waals surface area contributed by atoms with Gasteiger partial charge in [0, 0.05) is 5.56 Å². The maximum atomic E-state index is 11.1. The number of ketones is 1. The Balaban J connectivity index is 2.32. The standard InChI is InChI=1S/C15H11O2/c1-11(17)13-6-8-15(9-7-13)14-4-2-12(10-16)3-5-14/h2-9H,1H3/q-1. The van der Waals surface area contributed by atoms with Gasteiger partial charge in [0.15, 0.2) is 5.78 Å². The number of hydrogen-bond acceptors (Lipinski definition) is 2. The Hall–Kier alpha value is -2.22. The van der Waals surface area contributed by atoms with Gasteiger partial charge in [0.05, 0.1) is 6.29 Å². The van der Waals surface area contributed by atoms with Crippen LogP contribution in [0.2, 0.25) is 0 Å². The number of carbonyl (C=O) groups is 1. The Kier molecular flexibility index (Phi) is 3.15. The number of hydrogen-bond donors (Lipinski definition) is 0. The Morgan fingerprint density at radius 2 is 1.35 bits per heavy atom. The minimum absolute atomic E-state index is 0.0578. The maximum absolute atomic E-state index is 11.1. The Morgan fingerprint density at radius 3 is 1.76 bits per heavy atom. The second-order valence-corrected chi connectivity index (χ2v) is 3.81. The van der Waals surface area contributed by atoms with E-state index in [4.69, 9.17) is 0 Å². The highest BCUT2D eigenvalue weighted by Crippen LogP contribution is 2.20. The fourth-order valence-electron chi connectivity index (χ4n) is 1.63. The summed E-state index contributed by atoms with van der Waals surface area (Å²) in [5.41, 5.74) is 3.27. The summed E-state index contributed by atoms with van der Waals surface area (Å²) in [4.78, 5) is 21.5. The van der Waals surface area contributed by atoms with Gasteiger partial charge in [-0.1, -0.05) is 24.3 Å². The minimum Gasteiger partial charge on any atom is -0.376 e. The molecule has 2 heteroatoms. The molecule has 2 aromatic carbocycles. The van der Waals surface area contributed by atoms with Gasteiger partial charge in [-0.15, -0.1) is 12.1 Å². The molecule has 0 unspecified atom stereocenters. The summed E-state index contributed by atoms with van der Waals surface area (Å²) < 4.78 is 0. The molecule has 17 heavy (non-hydrogen) atoms. The number of carbonyl (C=O) groups excluding carboxylic acids is 2. The van der Waals surface area contributed by atoms with Crippen LogP contribution in [0.15, 0.2) is 48.5 Å². The van der Waals surface area contributed by atoms with E-state index in [9.17, 15) is 9.59 Å². The molecule has 0 radical (unpaired) electrons. The molecule has 0 aromatic heterocycles. The third kappa shape index (κ3) is 2.48. The lowest BCUT2D eigenvalue weighted by molar-refractivity contribution is 0.101. The zero-order chi connectivity index (χ0) is 12.3. The van der Waals surface area contributed by atoms with Gasteiger partial charge in [0.2, 0.25) is 0 Å². The first-order valence-electron chi connectivity index (χ1n) is 5.30. The van der Waals surface area contributed by atoms with Gasteiger partial charge in [0.1, 0.15) is 0 Å². The third-order valence-corrected chi connectivity index (χ3v) is 2.63. The first-order valence-corrected chi connectivity index (χ1v) is 5.30. The SMILES string of the molecule is CC(=O)c1ccc(-c2ccc([C-]=O)cc2)cc1. The molecule has 2 nitrogen and oxygen atoms in total. The van der Waals surface area contributed by atoms with Gasteiger partial charge < -0.3 is 4.79 Å². The van der Waals surface area contributed by atoms with Crippen molar-refractivity contribution in [2.45, 2.75) is 6.92 Å². The molecule has 0 aliphatic carbocycles. The number of benzene rings is 2. The van der Waals surface area contributed by atoms with E-state index in [1.54, 1.807) is 31.2 Å². The second kappa shape index (κ2) is 4.74. The van der Waals surface area contributed by atoms with Crippen LogP contribution in [-0.4, -0.2) is 12.1 Å². The van der Waals surface area contributed by atoms with Gasteiger partial charge >= 0.3 is 0 Å². The molecule has 2 aromatic rings. The molecule has 84 valence electrons. The van der Waals surface area contributed by atoms with Crippen LogP contribution < -0.4 is 0 Å². The van der Waals surface area contributed by atoms with Crippen molar-refractivity contribution in [1.29, 1.82) is 0 Å². The molecule has 0 bridgehead atoms. The van der Waals surface area contributed by atoms with Gasteiger partial charge in [-0.2, -0.15) is 17.7 Å². The van der Waals surface area contributed by atoms with Crippen molar-refractivity contribution in [1.82, 2.24) is 0 Å². The van der Waals surface area contributed by atoms with E-state index in [-0.39, 0.29) is 5.78 Å². The van der Waals surface area contributed by atoms with Crippen molar-refractivity contribution < 1.29 is 9.59 Å². The Bertz CT molecular complexity index is 536. The topological polar surface area (TPSA) is 34.1 Å². The predicted octanol–water partition coefficient (Wildman–Crippen LogP) is 3.01. The van der Waals surface area contributed by atoms with E-state index >= 15 is 0 Å². The van der Waals surface area contributed by atoms with Gasteiger partial charge in [-0.25, -0.2) is 0 Å². The average Bonchev–Trinajstić information content (AvgIpc) is 2.39. The van der Waals surface area contributed by atoms with Gasteiger partial charge in [0.25, 0.3) is 0 Å². The van der Waals surface area contributed by atoms with Crippen LogP contribution in [0, 0.1) is 0 Å². The zero-order valence-corrected chi connectivity index (χ0v) is 9.44. The fraction of sp³-hybridized carbons (Fsp3) is 0.0667. The van der Waals surface area contributed by atoms with Crippen molar-refractivity contribution in [3.63, 3.8) is 0 Å². The number of rotatable bonds is 3. The molecule has 0 saturated carbocycles. The highest BCUT2D eigenvalue weighted by Gasteiger charge is 1.99. The van der Waals surface area contributed by atoms with Gasteiger partial charge in [-0.05, 0) is 18.1 Å². The summed E-state index contributed by atoms with van der Waals surface area (Å²) in [5, 5.41) is 0. The maximum Gasteiger partial charge on any atom is 0.159 e. The van der Waals surface area contributed by atoms with E-state index in [2.05, 4.69) is 0 Å².